The van der Waals surface area contributed by atoms with Crippen LogP contribution < -0.4 is 10.9 Å². The third-order valence-electron chi connectivity index (χ3n) is 4.55. The molecule has 1 amide bonds. The number of nitrogens with zero attached hydrogens (tertiary/aromatic N) is 2. The highest BCUT2D eigenvalue weighted by Gasteiger charge is 2.10. The first kappa shape index (κ1) is 17.7. The van der Waals surface area contributed by atoms with Crippen LogP contribution in [0.3, 0.4) is 0 Å². The lowest BCUT2D eigenvalue weighted by atomic mass is 10.0. The maximum absolute atomic E-state index is 12.3. The largest absolute Gasteiger partial charge is 0.350 e. The number of hydrogen-bond acceptors (Lipinski definition) is 3. The minimum Gasteiger partial charge on any atom is -0.350 e. The van der Waals surface area contributed by atoms with Gasteiger partial charge in [0.25, 0.3) is 11.5 Å². The molecule has 0 aliphatic heterocycles. The van der Waals surface area contributed by atoms with Gasteiger partial charge in [-0.15, -0.1) is 0 Å². The number of H-pyrrole nitrogens is 1. The number of aryl methyl sites for hydroxylation is 2. The van der Waals surface area contributed by atoms with Gasteiger partial charge in [-0.05, 0) is 50.1 Å². The molecule has 6 nitrogen and oxygen atoms in total. The van der Waals surface area contributed by atoms with Gasteiger partial charge >= 0.3 is 0 Å². The number of rotatable bonds is 5. The molecule has 3 aromatic rings. The molecule has 6 heteroatoms. The van der Waals surface area contributed by atoms with E-state index in [1.807, 2.05) is 37.6 Å². The quantitative estimate of drug-likeness (QED) is 0.742. The van der Waals surface area contributed by atoms with Crippen molar-refractivity contribution in [2.45, 2.75) is 26.8 Å². The predicted octanol–water partition coefficient (Wildman–Crippen LogP) is 2.85. The van der Waals surface area contributed by atoms with E-state index in [4.69, 9.17) is 0 Å². The van der Waals surface area contributed by atoms with Crippen LogP contribution in [0.1, 0.15) is 34.6 Å². The Morgan fingerprint density at radius 1 is 1.27 bits per heavy atom. The molecule has 2 N–H and O–H groups in total. The zero-order chi connectivity index (χ0) is 18.7. The summed E-state index contributed by atoms with van der Waals surface area (Å²) >= 11 is 0. The Hall–Kier alpha value is -3.15. The lowest BCUT2D eigenvalue weighted by molar-refractivity contribution is 0.0948. The highest BCUT2D eigenvalue weighted by atomic mass is 16.1. The monoisotopic (exact) mass is 350 g/mol. The number of carbonyl (C=O) groups excluding carboxylic acids is 1. The molecule has 2 heterocycles. The van der Waals surface area contributed by atoms with Gasteiger partial charge in [-0.2, -0.15) is 0 Å². The van der Waals surface area contributed by atoms with Crippen LogP contribution in [-0.2, 0) is 0 Å². The van der Waals surface area contributed by atoms with Crippen molar-refractivity contribution in [3.8, 4) is 11.1 Å². The first-order chi connectivity index (χ1) is 12.5. The van der Waals surface area contributed by atoms with Crippen molar-refractivity contribution in [3.05, 3.63) is 76.2 Å². The highest BCUT2D eigenvalue weighted by molar-refractivity contribution is 5.94. The van der Waals surface area contributed by atoms with Crippen molar-refractivity contribution in [1.82, 2.24) is 19.9 Å². The summed E-state index contributed by atoms with van der Waals surface area (Å²) in [7, 11) is 0. The van der Waals surface area contributed by atoms with Gasteiger partial charge in [0.15, 0.2) is 0 Å². The predicted molar refractivity (Wildman–Crippen MR) is 101 cm³/mol. The van der Waals surface area contributed by atoms with Gasteiger partial charge in [0, 0.05) is 41.8 Å². The number of carbonyl (C=O) groups is 1. The number of aromatic amines is 1. The molecule has 0 saturated heterocycles. The number of imidazole rings is 1. The second kappa shape index (κ2) is 7.39. The van der Waals surface area contributed by atoms with E-state index in [-0.39, 0.29) is 17.5 Å². The fourth-order valence-corrected chi connectivity index (χ4v) is 2.72. The van der Waals surface area contributed by atoms with Crippen molar-refractivity contribution in [2.75, 3.05) is 6.54 Å². The first-order valence-corrected chi connectivity index (χ1v) is 8.52. The van der Waals surface area contributed by atoms with Gasteiger partial charge in [0.2, 0.25) is 0 Å². The zero-order valence-corrected chi connectivity index (χ0v) is 15.1. The van der Waals surface area contributed by atoms with Crippen molar-refractivity contribution in [1.29, 1.82) is 0 Å². The number of aromatic nitrogens is 3. The molecule has 0 bridgehead atoms. The number of pyridine rings is 1. The van der Waals surface area contributed by atoms with Crippen LogP contribution in [0.25, 0.3) is 11.1 Å². The molecule has 0 radical (unpaired) electrons. The summed E-state index contributed by atoms with van der Waals surface area (Å²) < 4.78 is 1.94. The average molecular weight is 350 g/mol. The smallest absolute Gasteiger partial charge is 0.256 e. The minimum atomic E-state index is -0.141. The Kier molecular flexibility index (Phi) is 5.02. The molecule has 0 unspecified atom stereocenters. The van der Waals surface area contributed by atoms with E-state index in [2.05, 4.69) is 15.3 Å². The van der Waals surface area contributed by atoms with Crippen LogP contribution in [0.2, 0.25) is 0 Å². The molecule has 0 aliphatic rings. The van der Waals surface area contributed by atoms with E-state index in [0.717, 1.165) is 16.8 Å². The summed E-state index contributed by atoms with van der Waals surface area (Å²) in [5.74, 6) is -0.141. The van der Waals surface area contributed by atoms with Crippen molar-refractivity contribution >= 4 is 5.91 Å². The maximum Gasteiger partial charge on any atom is 0.256 e. The van der Waals surface area contributed by atoms with E-state index in [1.165, 1.54) is 0 Å². The second-order valence-electron chi connectivity index (χ2n) is 6.47. The van der Waals surface area contributed by atoms with Crippen molar-refractivity contribution in [2.24, 2.45) is 0 Å². The van der Waals surface area contributed by atoms with Gasteiger partial charge in [0.1, 0.15) is 0 Å². The van der Waals surface area contributed by atoms with E-state index in [9.17, 15) is 9.59 Å². The number of hydrogen-bond donors (Lipinski definition) is 2. The minimum absolute atomic E-state index is 0.120. The van der Waals surface area contributed by atoms with Crippen LogP contribution in [0.5, 0.6) is 0 Å². The summed E-state index contributed by atoms with van der Waals surface area (Å²) in [6.07, 6.45) is 5.31. The van der Waals surface area contributed by atoms with E-state index in [0.29, 0.717) is 17.7 Å². The molecule has 0 fully saturated rings. The van der Waals surface area contributed by atoms with Crippen LogP contribution in [0.4, 0.5) is 0 Å². The van der Waals surface area contributed by atoms with Crippen molar-refractivity contribution < 1.29 is 4.79 Å². The molecule has 1 atom stereocenters. The second-order valence-corrected chi connectivity index (χ2v) is 6.47. The lowest BCUT2D eigenvalue weighted by Crippen LogP contribution is -2.29. The molecule has 3 rings (SSSR count). The Balaban J connectivity index is 1.70. The van der Waals surface area contributed by atoms with E-state index < -0.39 is 0 Å². The van der Waals surface area contributed by atoms with E-state index >= 15 is 0 Å². The molecule has 26 heavy (non-hydrogen) atoms. The standard InChI is InChI=1S/C20H22N4O2/c1-13-10-18(20(26)23-15(13)3)16-4-6-17(7-5-16)19(25)22-11-14(2)24-9-8-21-12-24/h4-10,12,14H,11H2,1-3H3,(H,22,25)(H,23,26)/t14-/m0/s1. The molecular weight excluding hydrogens is 328 g/mol. The number of amides is 1. The SMILES string of the molecule is Cc1cc(-c2ccc(C(=O)NC[C@H](C)n3ccnc3)cc2)c(=O)[nH]c1C. The third kappa shape index (κ3) is 3.74. The van der Waals surface area contributed by atoms with Gasteiger partial charge in [0.05, 0.1) is 6.33 Å². The van der Waals surface area contributed by atoms with Gasteiger partial charge in [-0.1, -0.05) is 12.1 Å². The fourth-order valence-electron chi connectivity index (χ4n) is 2.72. The Morgan fingerprint density at radius 3 is 2.65 bits per heavy atom. The summed E-state index contributed by atoms with van der Waals surface area (Å²) in [4.78, 5) is 31.3. The van der Waals surface area contributed by atoms with Crippen LogP contribution in [0.15, 0.2) is 53.8 Å². The summed E-state index contributed by atoms with van der Waals surface area (Å²) in [6, 6.07) is 9.06. The average Bonchev–Trinajstić information content (AvgIpc) is 3.17. The highest BCUT2D eigenvalue weighted by Crippen LogP contribution is 2.18. The lowest BCUT2D eigenvalue weighted by Gasteiger charge is -2.14. The normalized spacial score (nSPS) is 12.0. The molecule has 0 aliphatic carbocycles. The van der Waals surface area contributed by atoms with Crippen LogP contribution >= 0.6 is 0 Å². The molecule has 134 valence electrons. The Morgan fingerprint density at radius 2 is 2.00 bits per heavy atom. The molecule has 0 spiro atoms. The van der Waals surface area contributed by atoms with Gasteiger partial charge in [-0.25, -0.2) is 4.98 Å². The van der Waals surface area contributed by atoms with Gasteiger partial charge < -0.3 is 14.9 Å². The van der Waals surface area contributed by atoms with Crippen molar-refractivity contribution in [3.63, 3.8) is 0 Å². The molecule has 2 aromatic heterocycles. The van der Waals surface area contributed by atoms with Gasteiger partial charge in [-0.3, -0.25) is 9.59 Å². The number of benzene rings is 1. The zero-order valence-electron chi connectivity index (χ0n) is 15.1. The topological polar surface area (TPSA) is 79.8 Å². The first-order valence-electron chi connectivity index (χ1n) is 8.52. The molecule has 0 saturated carbocycles. The Labute approximate surface area is 151 Å². The summed E-state index contributed by atoms with van der Waals surface area (Å²) in [6.45, 7) is 6.35. The third-order valence-corrected chi connectivity index (χ3v) is 4.55. The maximum atomic E-state index is 12.3. The van der Waals surface area contributed by atoms with E-state index in [1.54, 1.807) is 36.8 Å². The van der Waals surface area contributed by atoms with Crippen LogP contribution in [0, 0.1) is 13.8 Å². The molecular formula is C20H22N4O2. The number of nitrogens with one attached hydrogen (secondary N) is 2. The molecule has 1 aromatic carbocycles. The fraction of sp³-hybridized carbons (Fsp3) is 0.250. The summed E-state index contributed by atoms with van der Waals surface area (Å²) in [5.41, 5.74) is 3.72. The Bertz CT molecular complexity index is 956. The summed E-state index contributed by atoms with van der Waals surface area (Å²) in [5, 5.41) is 2.92. The van der Waals surface area contributed by atoms with Crippen LogP contribution in [-0.4, -0.2) is 27.0 Å².